The lowest BCUT2D eigenvalue weighted by Gasteiger charge is -2.19. The Morgan fingerprint density at radius 1 is 1.41 bits per heavy atom. The van der Waals surface area contributed by atoms with E-state index in [4.69, 9.17) is 16.9 Å². The van der Waals surface area contributed by atoms with Gasteiger partial charge in [-0.05, 0) is 25.0 Å². The Hall–Kier alpha value is -1.09. The average molecular weight is 271 g/mol. The molecule has 1 aromatic rings. The number of benzene rings is 1. The Labute approximate surface area is 105 Å². The third kappa shape index (κ3) is 2.44. The molecule has 0 saturated heterocycles. The van der Waals surface area contributed by atoms with Gasteiger partial charge in [0.15, 0.2) is 0 Å². The normalized spacial score (nSPS) is 15.8. The van der Waals surface area contributed by atoms with Crippen molar-refractivity contribution in [2.24, 2.45) is 0 Å². The van der Waals surface area contributed by atoms with E-state index < -0.39 is 10.0 Å². The van der Waals surface area contributed by atoms with Gasteiger partial charge < -0.3 is 0 Å². The second kappa shape index (κ2) is 4.65. The first-order valence-electron chi connectivity index (χ1n) is 5.20. The molecule has 0 aromatic heterocycles. The molecule has 0 atom stereocenters. The summed E-state index contributed by atoms with van der Waals surface area (Å²) in [6.45, 7) is -0.127. The average Bonchev–Trinajstić information content (AvgIpc) is 3.10. The van der Waals surface area contributed by atoms with Crippen LogP contribution in [-0.4, -0.2) is 25.3 Å². The summed E-state index contributed by atoms with van der Waals surface area (Å²) in [4.78, 5) is 0.0730. The van der Waals surface area contributed by atoms with Crippen molar-refractivity contribution in [1.82, 2.24) is 4.31 Å². The minimum absolute atomic E-state index is 0.0454. The Bertz CT molecular complexity index is 561. The van der Waals surface area contributed by atoms with E-state index in [9.17, 15) is 8.42 Å². The monoisotopic (exact) mass is 270 g/mol. The van der Waals surface area contributed by atoms with Gasteiger partial charge in [0, 0.05) is 6.04 Å². The summed E-state index contributed by atoms with van der Waals surface area (Å²) in [6.07, 6.45) is 1.62. The van der Waals surface area contributed by atoms with E-state index >= 15 is 0 Å². The Morgan fingerprint density at radius 3 is 2.59 bits per heavy atom. The van der Waals surface area contributed by atoms with E-state index in [0.29, 0.717) is 0 Å². The van der Waals surface area contributed by atoms with Crippen LogP contribution in [0.1, 0.15) is 12.8 Å². The molecule has 1 aliphatic rings. The number of nitriles is 1. The molecule has 0 aliphatic heterocycles. The largest absolute Gasteiger partial charge is 0.245 e. The molecule has 90 valence electrons. The summed E-state index contributed by atoms with van der Waals surface area (Å²) >= 11 is 5.89. The van der Waals surface area contributed by atoms with Crippen molar-refractivity contribution in [3.8, 4) is 6.07 Å². The number of sulfonamides is 1. The summed E-state index contributed by atoms with van der Waals surface area (Å²) in [5.41, 5.74) is 0. The zero-order valence-electron chi connectivity index (χ0n) is 9.01. The van der Waals surface area contributed by atoms with E-state index in [0.717, 1.165) is 12.8 Å². The van der Waals surface area contributed by atoms with Crippen LogP contribution in [0, 0.1) is 11.3 Å². The van der Waals surface area contributed by atoms with Crippen molar-refractivity contribution in [1.29, 1.82) is 5.26 Å². The molecule has 0 spiro atoms. The van der Waals surface area contributed by atoms with E-state index in [-0.39, 0.29) is 22.5 Å². The van der Waals surface area contributed by atoms with Gasteiger partial charge in [0.05, 0.1) is 11.1 Å². The standard InChI is InChI=1S/C11H11ClN2O2S/c12-10-3-1-2-4-11(10)17(15,16)14(8-7-13)9-5-6-9/h1-4,9H,5-6,8H2. The van der Waals surface area contributed by atoms with E-state index in [2.05, 4.69) is 0 Å². The highest BCUT2D eigenvalue weighted by molar-refractivity contribution is 7.89. The highest BCUT2D eigenvalue weighted by atomic mass is 35.5. The van der Waals surface area contributed by atoms with Crippen LogP contribution in [0.15, 0.2) is 29.2 Å². The number of rotatable bonds is 4. The molecule has 0 heterocycles. The topological polar surface area (TPSA) is 61.2 Å². The van der Waals surface area contributed by atoms with Crippen LogP contribution in [0.5, 0.6) is 0 Å². The molecule has 0 amide bonds. The summed E-state index contributed by atoms with van der Waals surface area (Å²) in [5.74, 6) is 0. The van der Waals surface area contributed by atoms with Gasteiger partial charge in [0.25, 0.3) is 0 Å². The SMILES string of the molecule is N#CCN(C1CC1)S(=O)(=O)c1ccccc1Cl. The van der Waals surface area contributed by atoms with Gasteiger partial charge in [-0.1, -0.05) is 23.7 Å². The van der Waals surface area contributed by atoms with E-state index in [1.165, 1.54) is 16.4 Å². The Balaban J connectivity index is 2.41. The first kappa shape index (κ1) is 12.4. The van der Waals surface area contributed by atoms with Gasteiger partial charge in [-0.2, -0.15) is 9.57 Å². The fourth-order valence-electron chi connectivity index (χ4n) is 1.62. The van der Waals surface area contributed by atoms with Gasteiger partial charge in [-0.3, -0.25) is 0 Å². The molecule has 0 N–H and O–H groups in total. The van der Waals surface area contributed by atoms with E-state index in [1.807, 2.05) is 6.07 Å². The zero-order chi connectivity index (χ0) is 12.5. The van der Waals surface area contributed by atoms with Gasteiger partial charge in [0.1, 0.15) is 11.4 Å². The van der Waals surface area contributed by atoms with Gasteiger partial charge in [0.2, 0.25) is 10.0 Å². The molecule has 0 unspecified atom stereocenters. The second-order valence-electron chi connectivity index (χ2n) is 3.87. The molecule has 1 aliphatic carbocycles. The predicted octanol–water partition coefficient (Wildman–Crippen LogP) is 2.02. The zero-order valence-corrected chi connectivity index (χ0v) is 10.6. The lowest BCUT2D eigenvalue weighted by molar-refractivity contribution is 0.439. The van der Waals surface area contributed by atoms with Crippen molar-refractivity contribution >= 4 is 21.6 Å². The smallest absolute Gasteiger partial charge is 0.207 e. The van der Waals surface area contributed by atoms with Crippen molar-refractivity contribution < 1.29 is 8.42 Å². The lowest BCUT2D eigenvalue weighted by Crippen LogP contribution is -2.33. The molecule has 0 radical (unpaired) electrons. The van der Waals surface area contributed by atoms with Crippen molar-refractivity contribution in [2.45, 2.75) is 23.8 Å². The minimum atomic E-state index is -3.65. The highest BCUT2D eigenvalue weighted by Gasteiger charge is 2.38. The Morgan fingerprint density at radius 2 is 2.06 bits per heavy atom. The van der Waals surface area contributed by atoms with E-state index in [1.54, 1.807) is 12.1 Å². The first-order valence-corrected chi connectivity index (χ1v) is 7.02. The maximum absolute atomic E-state index is 12.3. The quantitative estimate of drug-likeness (QED) is 0.787. The van der Waals surface area contributed by atoms with Crippen LogP contribution < -0.4 is 0 Å². The fraction of sp³-hybridized carbons (Fsp3) is 0.364. The summed E-state index contributed by atoms with van der Waals surface area (Å²) in [6, 6.07) is 8.13. The second-order valence-corrected chi connectivity index (χ2v) is 6.14. The van der Waals surface area contributed by atoms with Crippen molar-refractivity contribution in [2.75, 3.05) is 6.54 Å². The van der Waals surface area contributed by atoms with Gasteiger partial charge >= 0.3 is 0 Å². The minimum Gasteiger partial charge on any atom is -0.207 e. The molecule has 6 heteroatoms. The van der Waals surface area contributed by atoms with Crippen LogP contribution in [0.3, 0.4) is 0 Å². The summed E-state index contributed by atoms with van der Waals surface area (Å²) < 4.78 is 25.9. The third-order valence-electron chi connectivity index (χ3n) is 2.60. The maximum atomic E-state index is 12.3. The number of hydrogen-bond donors (Lipinski definition) is 0. The van der Waals surface area contributed by atoms with Crippen LogP contribution in [-0.2, 0) is 10.0 Å². The number of halogens is 1. The lowest BCUT2D eigenvalue weighted by atomic mass is 10.4. The molecule has 17 heavy (non-hydrogen) atoms. The number of hydrogen-bond acceptors (Lipinski definition) is 3. The molecular formula is C11H11ClN2O2S. The Kier molecular flexibility index (Phi) is 3.38. The van der Waals surface area contributed by atoms with Crippen LogP contribution in [0.25, 0.3) is 0 Å². The molecule has 4 nitrogen and oxygen atoms in total. The molecular weight excluding hydrogens is 260 g/mol. The molecule has 1 fully saturated rings. The van der Waals surface area contributed by atoms with Crippen molar-refractivity contribution in [3.63, 3.8) is 0 Å². The summed E-state index contributed by atoms with van der Waals surface area (Å²) in [5, 5.41) is 8.89. The third-order valence-corrected chi connectivity index (χ3v) is 5.00. The fourth-order valence-corrected chi connectivity index (χ4v) is 3.70. The van der Waals surface area contributed by atoms with Crippen LogP contribution >= 0.6 is 11.6 Å². The maximum Gasteiger partial charge on any atom is 0.245 e. The van der Waals surface area contributed by atoms with Gasteiger partial charge in [-0.15, -0.1) is 0 Å². The number of nitrogens with zero attached hydrogens (tertiary/aromatic N) is 2. The molecule has 1 aromatic carbocycles. The molecule has 0 bridgehead atoms. The van der Waals surface area contributed by atoms with Gasteiger partial charge in [-0.25, -0.2) is 8.42 Å². The first-order chi connectivity index (χ1) is 8.07. The van der Waals surface area contributed by atoms with Crippen molar-refractivity contribution in [3.05, 3.63) is 29.3 Å². The highest BCUT2D eigenvalue weighted by Crippen LogP contribution is 2.33. The molecule has 2 rings (SSSR count). The summed E-state index contributed by atoms with van der Waals surface area (Å²) in [7, 11) is -3.65. The van der Waals surface area contributed by atoms with Crippen LogP contribution in [0.4, 0.5) is 0 Å². The molecule has 1 saturated carbocycles. The predicted molar refractivity (Wildman–Crippen MR) is 64.0 cm³/mol. The van der Waals surface area contributed by atoms with Crippen LogP contribution in [0.2, 0.25) is 5.02 Å².